The van der Waals surface area contributed by atoms with Gasteiger partial charge in [0, 0.05) is 41.8 Å². The van der Waals surface area contributed by atoms with E-state index in [1.807, 2.05) is 115 Å². The molecule has 8 aromatic rings. The standard InChI is InChI=1S/C32H25N5O.C12H16O2.C6H8N2O2/c1-22(35-28-17-7-13-24-12-5-6-16-27(24)28)34-25-14-8-15-26(21-25)37-31-29(18-9-19-33-31)36-30(32(37)38)20-23-10-3-2-4-11-23;1-13-11-8-4-5-9-12(11)14-10-6-2-3-7-10;1-5(9)4-8-3-2-7-6(8)10/h2-19,21,34-35H,1,20H2;4-5,8-10H,2-3,6-7H2,1H3;2-3H,4H2,1H3,(H,7,10). The van der Waals surface area contributed by atoms with E-state index in [2.05, 4.69) is 50.4 Å². The van der Waals surface area contributed by atoms with Crippen molar-refractivity contribution >= 4 is 39.1 Å². The highest BCUT2D eigenvalue weighted by atomic mass is 16.5. The lowest BCUT2D eigenvalue weighted by Crippen LogP contribution is -2.25. The molecule has 0 radical (unpaired) electrons. The molecule has 1 saturated carbocycles. The van der Waals surface area contributed by atoms with Crippen LogP contribution in [0, 0.1) is 0 Å². The van der Waals surface area contributed by atoms with Crippen molar-refractivity contribution in [2.75, 3.05) is 17.7 Å². The summed E-state index contributed by atoms with van der Waals surface area (Å²) in [6, 6.07) is 43.4. The average molecular weight is 828 g/mol. The van der Waals surface area contributed by atoms with Gasteiger partial charge in [0.25, 0.3) is 5.56 Å². The van der Waals surface area contributed by atoms with E-state index in [1.165, 1.54) is 43.4 Å². The van der Waals surface area contributed by atoms with Crippen LogP contribution in [0.3, 0.4) is 0 Å². The van der Waals surface area contributed by atoms with Crippen LogP contribution in [-0.4, -0.2) is 43.1 Å². The number of H-pyrrole nitrogens is 1. The number of ether oxygens (including phenoxy) is 2. The van der Waals surface area contributed by atoms with Crippen LogP contribution >= 0.6 is 0 Å². The number of benzene rings is 5. The molecule has 0 atom stereocenters. The van der Waals surface area contributed by atoms with Crippen molar-refractivity contribution in [2.45, 2.75) is 51.7 Å². The smallest absolute Gasteiger partial charge is 0.325 e. The van der Waals surface area contributed by atoms with E-state index < -0.39 is 0 Å². The van der Waals surface area contributed by atoms with Crippen LogP contribution in [-0.2, 0) is 17.8 Å². The first kappa shape index (κ1) is 42.4. The maximum atomic E-state index is 13.7. The van der Waals surface area contributed by atoms with Gasteiger partial charge in [-0.25, -0.2) is 14.8 Å². The first-order valence-electron chi connectivity index (χ1n) is 20.5. The minimum atomic E-state index is -0.241. The summed E-state index contributed by atoms with van der Waals surface area (Å²) in [5, 5.41) is 8.96. The molecule has 3 heterocycles. The maximum Gasteiger partial charge on any atom is 0.325 e. The van der Waals surface area contributed by atoms with Crippen molar-refractivity contribution < 1.29 is 14.3 Å². The van der Waals surface area contributed by atoms with E-state index in [0.717, 1.165) is 39.2 Å². The largest absolute Gasteiger partial charge is 0.493 e. The Balaban J connectivity index is 0.000000195. The van der Waals surface area contributed by atoms with Gasteiger partial charge in [-0.3, -0.25) is 18.7 Å². The number of nitrogens with zero attached hydrogens (tertiary/aromatic N) is 4. The molecule has 0 saturated heterocycles. The molecule has 5 aromatic carbocycles. The molecule has 0 bridgehead atoms. The molecule has 3 aromatic heterocycles. The molecule has 0 aliphatic heterocycles. The quantitative estimate of drug-likeness (QED) is 0.110. The number of imidazole rings is 1. The maximum absolute atomic E-state index is 13.7. The summed E-state index contributed by atoms with van der Waals surface area (Å²) in [5.74, 6) is 2.30. The summed E-state index contributed by atoms with van der Waals surface area (Å²) in [6.07, 6.45) is 10.5. The Morgan fingerprint density at radius 3 is 2.32 bits per heavy atom. The molecule has 314 valence electrons. The van der Waals surface area contributed by atoms with Gasteiger partial charge in [0.2, 0.25) is 0 Å². The van der Waals surface area contributed by atoms with Gasteiger partial charge in [-0.15, -0.1) is 0 Å². The Bertz CT molecular complexity index is 2890. The minimum absolute atomic E-state index is 0.0262. The molecule has 62 heavy (non-hydrogen) atoms. The number of para-hydroxylation sites is 2. The zero-order valence-corrected chi connectivity index (χ0v) is 34.8. The number of hydrogen-bond acceptors (Lipinski definition) is 9. The predicted molar refractivity (Wildman–Crippen MR) is 246 cm³/mol. The third-order valence-electron chi connectivity index (χ3n) is 10.2. The fourth-order valence-corrected chi connectivity index (χ4v) is 7.25. The van der Waals surface area contributed by atoms with E-state index in [0.29, 0.717) is 40.9 Å². The minimum Gasteiger partial charge on any atom is -0.493 e. The van der Waals surface area contributed by atoms with Crippen LogP contribution in [0.4, 0.5) is 11.4 Å². The monoisotopic (exact) mass is 827 g/mol. The molecule has 0 spiro atoms. The first-order valence-corrected chi connectivity index (χ1v) is 20.5. The molecule has 0 amide bonds. The number of hydrogen-bond donors (Lipinski definition) is 3. The Labute approximate surface area is 359 Å². The molecule has 1 aliphatic rings. The zero-order chi connectivity index (χ0) is 43.3. The van der Waals surface area contributed by atoms with E-state index in [4.69, 9.17) is 9.47 Å². The SMILES string of the molecule is C=C(Nc1cccc(-n2c(=O)c(Cc3ccccc3)nc3cccnc32)c1)Nc1cccc2ccccc12.CC(=O)Cn1cc[nH]c1=O.COc1ccccc1OC1CCCC1. The number of aromatic amines is 1. The third kappa shape index (κ3) is 10.9. The second-order valence-electron chi connectivity index (χ2n) is 14.8. The molecule has 9 rings (SSSR count). The second-order valence-corrected chi connectivity index (χ2v) is 14.8. The number of nitrogens with one attached hydrogen (secondary N) is 3. The van der Waals surface area contributed by atoms with Gasteiger partial charge in [0.05, 0.1) is 25.4 Å². The van der Waals surface area contributed by atoms with Gasteiger partial charge >= 0.3 is 5.69 Å². The third-order valence-corrected chi connectivity index (χ3v) is 10.2. The van der Waals surface area contributed by atoms with Crippen molar-refractivity contribution in [3.8, 4) is 17.2 Å². The summed E-state index contributed by atoms with van der Waals surface area (Å²) >= 11 is 0. The number of aromatic nitrogens is 5. The van der Waals surface area contributed by atoms with Gasteiger partial charge in [0.1, 0.15) is 22.8 Å². The summed E-state index contributed by atoms with van der Waals surface area (Å²) in [7, 11) is 1.68. The van der Waals surface area contributed by atoms with Gasteiger partial charge in [-0.2, -0.15) is 0 Å². The summed E-state index contributed by atoms with van der Waals surface area (Å²) in [4.78, 5) is 46.5. The number of ketones is 1. The van der Waals surface area contributed by atoms with Crippen molar-refractivity contribution in [1.82, 2.24) is 24.1 Å². The zero-order valence-electron chi connectivity index (χ0n) is 34.8. The molecule has 1 fully saturated rings. The molecule has 0 unspecified atom stereocenters. The Morgan fingerprint density at radius 1 is 0.839 bits per heavy atom. The number of anilines is 2. The van der Waals surface area contributed by atoms with Gasteiger partial charge in [-0.1, -0.05) is 91.5 Å². The normalized spacial score (nSPS) is 12.1. The van der Waals surface area contributed by atoms with E-state index in [1.54, 1.807) is 24.1 Å². The van der Waals surface area contributed by atoms with Crippen LogP contribution in [0.25, 0.3) is 27.6 Å². The molecule has 3 N–H and O–H groups in total. The van der Waals surface area contributed by atoms with E-state index in [9.17, 15) is 14.4 Å². The second kappa shape index (κ2) is 20.5. The lowest BCUT2D eigenvalue weighted by molar-refractivity contribution is -0.117. The number of rotatable bonds is 12. The highest BCUT2D eigenvalue weighted by Crippen LogP contribution is 2.31. The Hall–Kier alpha value is -7.73. The van der Waals surface area contributed by atoms with Crippen molar-refractivity contribution in [1.29, 1.82) is 0 Å². The van der Waals surface area contributed by atoms with E-state index in [-0.39, 0.29) is 23.6 Å². The number of carbonyl (C=O) groups excluding carboxylic acids is 1. The number of methoxy groups -OCH3 is 1. The van der Waals surface area contributed by atoms with E-state index >= 15 is 0 Å². The van der Waals surface area contributed by atoms with Crippen molar-refractivity contribution in [3.05, 3.63) is 197 Å². The van der Waals surface area contributed by atoms with Crippen molar-refractivity contribution in [3.63, 3.8) is 0 Å². The molecule has 1 aliphatic carbocycles. The number of carbonyl (C=O) groups is 1. The van der Waals surface area contributed by atoms with Crippen LogP contribution in [0.15, 0.2) is 174 Å². The molecular formula is C50H49N7O5. The molecule has 12 heteroatoms. The lowest BCUT2D eigenvalue weighted by atomic mass is 10.1. The van der Waals surface area contributed by atoms with Gasteiger partial charge in [0.15, 0.2) is 17.1 Å². The number of pyridine rings is 1. The first-order chi connectivity index (χ1) is 30.2. The predicted octanol–water partition coefficient (Wildman–Crippen LogP) is 9.30. The lowest BCUT2D eigenvalue weighted by Gasteiger charge is -2.16. The van der Waals surface area contributed by atoms with Crippen LogP contribution in [0.1, 0.15) is 43.9 Å². The van der Waals surface area contributed by atoms with Crippen LogP contribution in [0.2, 0.25) is 0 Å². The van der Waals surface area contributed by atoms with Crippen molar-refractivity contribution in [2.24, 2.45) is 0 Å². The number of Topliss-reactive ketones (excluding diaryl/α,β-unsaturated/α-hetero) is 1. The topological polar surface area (TPSA) is 145 Å². The number of fused-ring (bicyclic) bond motifs is 2. The fraction of sp³-hybridized carbons (Fsp3) is 0.180. The molecule has 12 nitrogen and oxygen atoms in total. The Morgan fingerprint density at radius 2 is 1.56 bits per heavy atom. The Kier molecular flexibility index (Phi) is 14.0. The highest BCUT2D eigenvalue weighted by Gasteiger charge is 2.18. The summed E-state index contributed by atoms with van der Waals surface area (Å²) in [5.41, 5.74) is 4.69. The summed E-state index contributed by atoms with van der Waals surface area (Å²) in [6.45, 7) is 5.77. The molecular weight excluding hydrogens is 779 g/mol. The summed E-state index contributed by atoms with van der Waals surface area (Å²) < 4.78 is 14.1. The van der Waals surface area contributed by atoms with Gasteiger partial charge < -0.3 is 25.1 Å². The van der Waals surface area contributed by atoms with Crippen LogP contribution < -0.4 is 31.4 Å². The average Bonchev–Trinajstić information content (AvgIpc) is 3.96. The van der Waals surface area contributed by atoms with Gasteiger partial charge in [-0.05, 0) is 92.1 Å². The van der Waals surface area contributed by atoms with Crippen LogP contribution in [0.5, 0.6) is 11.5 Å². The highest BCUT2D eigenvalue weighted by molar-refractivity contribution is 5.94. The fourth-order valence-electron chi connectivity index (χ4n) is 7.25.